The molecule has 1 saturated heterocycles. The zero-order chi connectivity index (χ0) is 17.6. The van der Waals surface area contributed by atoms with Crippen molar-refractivity contribution in [2.24, 2.45) is 0 Å². The Labute approximate surface area is 152 Å². The third-order valence-electron chi connectivity index (χ3n) is 5.22. The number of hydrogen-bond donors (Lipinski definition) is 1. The topological polar surface area (TPSA) is 41.6 Å². The largest absolute Gasteiger partial charge is 0.323 e. The quantitative estimate of drug-likeness (QED) is 0.750. The predicted octanol–water partition coefficient (Wildman–Crippen LogP) is 4.42. The molecule has 2 heterocycles. The van der Waals surface area contributed by atoms with Crippen molar-refractivity contribution in [3.63, 3.8) is 0 Å². The lowest BCUT2D eigenvalue weighted by molar-refractivity contribution is -0.121. The molecule has 2 aliphatic rings. The summed E-state index contributed by atoms with van der Waals surface area (Å²) in [6.07, 6.45) is 0.377. The lowest BCUT2D eigenvalue weighted by atomic mass is 9.84. The van der Waals surface area contributed by atoms with E-state index in [9.17, 15) is 4.79 Å². The minimum Gasteiger partial charge on any atom is -0.323 e. The van der Waals surface area contributed by atoms with Crippen LogP contribution in [0.2, 0.25) is 0 Å². The van der Waals surface area contributed by atoms with Crippen LogP contribution in [0.25, 0.3) is 0 Å². The Morgan fingerprint density at radius 1 is 0.885 bits per heavy atom. The lowest BCUT2D eigenvalue weighted by Crippen LogP contribution is -2.46. The van der Waals surface area contributed by atoms with E-state index in [2.05, 4.69) is 5.32 Å². The number of nitrogens with one attached hydrogen (secondary N) is 1. The molecule has 0 radical (unpaired) electrons. The van der Waals surface area contributed by atoms with Gasteiger partial charge in [-0.15, -0.1) is 0 Å². The van der Waals surface area contributed by atoms with Gasteiger partial charge in [0.05, 0.1) is 5.69 Å². The van der Waals surface area contributed by atoms with Crippen molar-refractivity contribution in [2.75, 3.05) is 10.4 Å². The predicted molar refractivity (Wildman–Crippen MR) is 101 cm³/mol. The number of rotatable bonds is 2. The van der Waals surface area contributed by atoms with Crippen molar-refractivity contribution < 1.29 is 9.63 Å². The van der Waals surface area contributed by atoms with Gasteiger partial charge in [-0.05, 0) is 23.8 Å². The highest BCUT2D eigenvalue weighted by atomic mass is 16.7. The molecule has 4 nitrogen and oxygen atoms in total. The van der Waals surface area contributed by atoms with Crippen LogP contribution in [0.3, 0.4) is 0 Å². The standard InChI is InChI=1S/C22H18N2O2/c25-21-22(18-13-7-8-14-19(18)23-21)15-20(16-9-3-1-4-10-16)26-24(22)17-11-5-2-6-12-17/h1-14,20H,15H2,(H,23,25). The number of hydroxylamine groups is 1. The van der Waals surface area contributed by atoms with Crippen LogP contribution in [-0.2, 0) is 15.2 Å². The number of anilines is 2. The van der Waals surface area contributed by atoms with Gasteiger partial charge in [-0.3, -0.25) is 9.63 Å². The Bertz CT molecular complexity index is 958. The van der Waals surface area contributed by atoms with Gasteiger partial charge in [0.1, 0.15) is 6.10 Å². The Hall–Kier alpha value is -3.11. The average molecular weight is 342 g/mol. The molecule has 1 fully saturated rings. The maximum atomic E-state index is 13.2. The molecule has 0 aromatic heterocycles. The van der Waals surface area contributed by atoms with Gasteiger partial charge in [-0.1, -0.05) is 66.7 Å². The van der Waals surface area contributed by atoms with Gasteiger partial charge in [-0.25, -0.2) is 5.06 Å². The van der Waals surface area contributed by atoms with Crippen LogP contribution in [0.1, 0.15) is 23.7 Å². The summed E-state index contributed by atoms with van der Waals surface area (Å²) >= 11 is 0. The fourth-order valence-electron chi connectivity index (χ4n) is 4.00. The molecule has 1 amide bonds. The molecule has 1 N–H and O–H groups in total. The van der Waals surface area contributed by atoms with E-state index in [0.717, 1.165) is 22.5 Å². The molecule has 2 unspecified atom stereocenters. The molecule has 2 atom stereocenters. The van der Waals surface area contributed by atoms with Crippen molar-refractivity contribution in [3.05, 3.63) is 96.1 Å². The molecule has 4 heteroatoms. The highest BCUT2D eigenvalue weighted by molar-refractivity contribution is 6.08. The SMILES string of the molecule is O=C1Nc2ccccc2C12CC(c1ccccc1)ON2c1ccccc1. The minimum atomic E-state index is -0.863. The Kier molecular flexibility index (Phi) is 3.33. The summed E-state index contributed by atoms with van der Waals surface area (Å²) in [6.45, 7) is 0. The highest BCUT2D eigenvalue weighted by Gasteiger charge is 2.58. The number of carbonyl (C=O) groups is 1. The van der Waals surface area contributed by atoms with E-state index in [1.807, 2.05) is 84.9 Å². The maximum Gasteiger partial charge on any atom is 0.257 e. The van der Waals surface area contributed by atoms with Gasteiger partial charge < -0.3 is 5.32 Å². The number of hydrogen-bond acceptors (Lipinski definition) is 3. The first-order valence-corrected chi connectivity index (χ1v) is 8.77. The lowest BCUT2D eigenvalue weighted by Gasteiger charge is -2.32. The number of carbonyl (C=O) groups excluding carboxylic acids is 1. The first kappa shape index (κ1) is 15.2. The summed E-state index contributed by atoms with van der Waals surface area (Å²) in [6, 6.07) is 27.8. The van der Waals surface area contributed by atoms with Crippen LogP contribution >= 0.6 is 0 Å². The van der Waals surface area contributed by atoms with Gasteiger partial charge in [0, 0.05) is 17.7 Å². The van der Waals surface area contributed by atoms with Gasteiger partial charge in [0.25, 0.3) is 5.91 Å². The number of benzene rings is 3. The number of para-hydroxylation sites is 2. The Morgan fingerprint density at radius 3 is 2.31 bits per heavy atom. The fraction of sp³-hybridized carbons (Fsp3) is 0.136. The van der Waals surface area contributed by atoms with Crippen LogP contribution in [0, 0.1) is 0 Å². The number of nitrogens with zero attached hydrogens (tertiary/aromatic N) is 1. The number of fused-ring (bicyclic) bond motifs is 2. The fourth-order valence-corrected chi connectivity index (χ4v) is 4.00. The van der Waals surface area contributed by atoms with Crippen molar-refractivity contribution in [3.8, 4) is 0 Å². The van der Waals surface area contributed by atoms with Gasteiger partial charge in [0.15, 0.2) is 5.54 Å². The summed E-state index contributed by atoms with van der Waals surface area (Å²) in [5.41, 5.74) is 2.90. The maximum absolute atomic E-state index is 13.2. The van der Waals surface area contributed by atoms with E-state index in [1.54, 1.807) is 5.06 Å². The Balaban J connectivity index is 1.68. The molecule has 0 aliphatic carbocycles. The zero-order valence-electron chi connectivity index (χ0n) is 14.1. The summed E-state index contributed by atoms with van der Waals surface area (Å²) in [4.78, 5) is 19.6. The zero-order valence-corrected chi connectivity index (χ0v) is 14.1. The minimum absolute atomic E-state index is 0.0408. The van der Waals surface area contributed by atoms with E-state index in [-0.39, 0.29) is 12.0 Å². The first-order valence-electron chi connectivity index (χ1n) is 8.77. The molecule has 0 bridgehead atoms. The second kappa shape index (κ2) is 5.71. The average Bonchev–Trinajstić information content (AvgIpc) is 3.23. The second-order valence-corrected chi connectivity index (χ2v) is 6.70. The third-order valence-corrected chi connectivity index (χ3v) is 5.22. The molecule has 3 aromatic carbocycles. The van der Waals surface area contributed by atoms with Crippen molar-refractivity contribution in [2.45, 2.75) is 18.1 Å². The van der Waals surface area contributed by atoms with Gasteiger partial charge in [-0.2, -0.15) is 0 Å². The number of amides is 1. The first-order chi connectivity index (χ1) is 12.8. The molecular formula is C22H18N2O2. The summed E-state index contributed by atoms with van der Waals surface area (Å²) < 4.78 is 0. The molecular weight excluding hydrogens is 324 g/mol. The molecule has 1 spiro atoms. The smallest absolute Gasteiger partial charge is 0.257 e. The molecule has 5 rings (SSSR count). The van der Waals surface area contributed by atoms with E-state index >= 15 is 0 Å². The van der Waals surface area contributed by atoms with Crippen LogP contribution < -0.4 is 10.4 Å². The Morgan fingerprint density at radius 2 is 1.54 bits per heavy atom. The van der Waals surface area contributed by atoms with Crippen LogP contribution in [-0.4, -0.2) is 5.91 Å². The van der Waals surface area contributed by atoms with Gasteiger partial charge >= 0.3 is 0 Å². The summed E-state index contributed by atoms with van der Waals surface area (Å²) in [7, 11) is 0. The van der Waals surface area contributed by atoms with Crippen molar-refractivity contribution >= 4 is 17.3 Å². The molecule has 128 valence electrons. The van der Waals surface area contributed by atoms with E-state index < -0.39 is 5.54 Å². The third kappa shape index (κ3) is 2.09. The molecule has 0 saturated carbocycles. The van der Waals surface area contributed by atoms with E-state index in [1.165, 1.54) is 0 Å². The van der Waals surface area contributed by atoms with Crippen molar-refractivity contribution in [1.29, 1.82) is 0 Å². The van der Waals surface area contributed by atoms with Crippen LogP contribution in [0.4, 0.5) is 11.4 Å². The summed E-state index contributed by atoms with van der Waals surface area (Å²) in [5.74, 6) is -0.0408. The molecule has 3 aromatic rings. The van der Waals surface area contributed by atoms with E-state index in [4.69, 9.17) is 4.84 Å². The van der Waals surface area contributed by atoms with E-state index in [0.29, 0.717) is 6.42 Å². The van der Waals surface area contributed by atoms with Crippen molar-refractivity contribution in [1.82, 2.24) is 0 Å². The van der Waals surface area contributed by atoms with Gasteiger partial charge in [0.2, 0.25) is 0 Å². The second-order valence-electron chi connectivity index (χ2n) is 6.70. The molecule has 26 heavy (non-hydrogen) atoms. The van der Waals surface area contributed by atoms with Crippen LogP contribution in [0.5, 0.6) is 0 Å². The normalized spacial score (nSPS) is 23.9. The molecule has 2 aliphatic heterocycles. The summed E-state index contributed by atoms with van der Waals surface area (Å²) in [5, 5.41) is 4.84. The monoisotopic (exact) mass is 342 g/mol. The van der Waals surface area contributed by atoms with Crippen LogP contribution in [0.15, 0.2) is 84.9 Å². The highest BCUT2D eigenvalue weighted by Crippen LogP contribution is 2.53.